The fraction of sp³-hybridized carbons (Fsp3) is 0.500. The van der Waals surface area contributed by atoms with Crippen LogP contribution in [0.3, 0.4) is 0 Å². The maximum atomic E-state index is 13.0. The minimum Gasteiger partial charge on any atom is -0.447 e. The molecule has 2 aromatic rings. The van der Waals surface area contributed by atoms with Gasteiger partial charge in [0, 0.05) is 29.2 Å². The molecule has 0 saturated heterocycles. The molecule has 1 heterocycles. The summed E-state index contributed by atoms with van der Waals surface area (Å²) in [6.45, 7) is 0. The fourth-order valence-corrected chi connectivity index (χ4v) is 7.15. The first-order chi connectivity index (χ1) is 15.9. The predicted molar refractivity (Wildman–Crippen MR) is 122 cm³/mol. The standard InChI is InChI=1S/C24H27N3O5S/c28-24(25-22-17-5-1-3-15(17)11-16-4-2-6-18(16)22)27-33(30,31)20-12-19-21(26-29)13-7-9-14(10-8-13)23(19)32-20/h11-14,29H,1-10H2,(H2,25,27,28)/b26-21-. The van der Waals surface area contributed by atoms with E-state index in [1.54, 1.807) is 0 Å². The molecule has 5 aliphatic rings. The minimum absolute atomic E-state index is 0.0965. The topological polar surface area (TPSA) is 121 Å². The highest BCUT2D eigenvalue weighted by atomic mass is 32.2. The van der Waals surface area contributed by atoms with Crippen molar-refractivity contribution >= 4 is 27.5 Å². The molecule has 5 aliphatic carbocycles. The Hall–Kier alpha value is -2.81. The third-order valence-corrected chi connectivity index (χ3v) is 9.00. The van der Waals surface area contributed by atoms with E-state index >= 15 is 0 Å². The summed E-state index contributed by atoms with van der Waals surface area (Å²) in [7, 11) is -4.23. The molecule has 1 aromatic heterocycles. The third kappa shape index (κ3) is 3.36. The number of anilines is 1. The lowest BCUT2D eigenvalue weighted by atomic mass is 9.83. The van der Waals surface area contributed by atoms with Crippen molar-refractivity contribution in [3.05, 3.63) is 45.7 Å². The fourth-order valence-electron chi connectivity index (χ4n) is 6.28. The van der Waals surface area contributed by atoms with E-state index in [0.717, 1.165) is 81.0 Å². The summed E-state index contributed by atoms with van der Waals surface area (Å²) < 4.78 is 34.0. The van der Waals surface area contributed by atoms with Crippen LogP contribution in [-0.4, -0.2) is 25.4 Å². The molecule has 0 radical (unpaired) electrons. The molecular formula is C24H27N3O5S. The summed E-state index contributed by atoms with van der Waals surface area (Å²) in [5, 5.41) is 15.6. The maximum Gasteiger partial charge on any atom is 0.333 e. The lowest BCUT2D eigenvalue weighted by Gasteiger charge is -2.22. The Morgan fingerprint density at radius 3 is 2.24 bits per heavy atom. The van der Waals surface area contributed by atoms with Crippen LogP contribution in [0.2, 0.25) is 0 Å². The van der Waals surface area contributed by atoms with E-state index in [0.29, 0.717) is 17.0 Å². The number of hydrogen-bond acceptors (Lipinski definition) is 6. The number of amides is 2. The van der Waals surface area contributed by atoms with Crippen molar-refractivity contribution < 1.29 is 22.8 Å². The van der Waals surface area contributed by atoms with Crippen LogP contribution in [0.1, 0.15) is 78.0 Å². The summed E-state index contributed by atoms with van der Waals surface area (Å²) in [5.74, 6) is 0.740. The van der Waals surface area contributed by atoms with Gasteiger partial charge < -0.3 is 14.9 Å². The number of urea groups is 1. The zero-order chi connectivity index (χ0) is 22.7. The zero-order valence-electron chi connectivity index (χ0n) is 18.3. The number of furan rings is 1. The molecule has 3 N–H and O–H groups in total. The Morgan fingerprint density at radius 2 is 1.61 bits per heavy atom. The minimum atomic E-state index is -4.23. The number of nitrogens with one attached hydrogen (secondary N) is 2. The first-order valence-electron chi connectivity index (χ1n) is 11.8. The summed E-state index contributed by atoms with van der Waals surface area (Å²) in [6.07, 6.45) is 9.36. The highest BCUT2D eigenvalue weighted by Gasteiger charge is 2.39. The Bertz CT molecular complexity index is 1250. The van der Waals surface area contributed by atoms with Crippen LogP contribution in [0.15, 0.2) is 26.8 Å². The summed E-state index contributed by atoms with van der Waals surface area (Å²) in [5.41, 5.74) is 6.59. The molecule has 174 valence electrons. The molecule has 0 atom stereocenters. The Balaban J connectivity index is 1.28. The Morgan fingerprint density at radius 1 is 0.970 bits per heavy atom. The predicted octanol–water partition coefficient (Wildman–Crippen LogP) is 4.23. The second-order valence-corrected chi connectivity index (χ2v) is 11.3. The van der Waals surface area contributed by atoms with E-state index in [4.69, 9.17) is 4.42 Å². The van der Waals surface area contributed by atoms with Crippen LogP contribution in [0.5, 0.6) is 0 Å². The molecule has 9 heteroatoms. The molecule has 0 spiro atoms. The largest absolute Gasteiger partial charge is 0.447 e. The third-order valence-electron chi connectivity index (χ3n) is 7.81. The Labute approximate surface area is 192 Å². The van der Waals surface area contributed by atoms with E-state index in [1.165, 1.54) is 17.2 Å². The molecule has 1 aromatic carbocycles. The van der Waals surface area contributed by atoms with Gasteiger partial charge >= 0.3 is 6.03 Å². The van der Waals surface area contributed by atoms with Crippen LogP contribution in [0, 0.1) is 5.92 Å². The molecular weight excluding hydrogens is 442 g/mol. The number of rotatable bonds is 3. The first-order valence-corrected chi connectivity index (χ1v) is 13.3. The zero-order valence-corrected chi connectivity index (χ0v) is 19.1. The van der Waals surface area contributed by atoms with Crippen molar-refractivity contribution in [2.45, 2.75) is 75.2 Å². The van der Waals surface area contributed by atoms with Crippen LogP contribution in [0.25, 0.3) is 0 Å². The van der Waals surface area contributed by atoms with E-state index in [1.807, 2.05) is 0 Å². The molecule has 1 fully saturated rings. The van der Waals surface area contributed by atoms with Gasteiger partial charge in [0.05, 0.1) is 5.71 Å². The van der Waals surface area contributed by atoms with Gasteiger partial charge in [0.2, 0.25) is 5.09 Å². The Kier molecular flexibility index (Phi) is 4.79. The number of carbonyl (C=O) groups excluding carboxylic acids is 1. The number of hydrogen-bond donors (Lipinski definition) is 3. The molecule has 2 bridgehead atoms. The number of fused-ring (bicyclic) bond motifs is 4. The van der Waals surface area contributed by atoms with Crippen molar-refractivity contribution in [3.8, 4) is 0 Å². The number of oxime groups is 1. The van der Waals surface area contributed by atoms with E-state index in [2.05, 4.69) is 21.3 Å². The second-order valence-electron chi connectivity index (χ2n) is 9.67. The van der Waals surface area contributed by atoms with Gasteiger partial charge in [-0.15, -0.1) is 0 Å². The van der Waals surface area contributed by atoms with Gasteiger partial charge in [-0.3, -0.25) is 0 Å². The number of aryl methyl sites for hydroxylation is 2. The molecule has 1 saturated carbocycles. The van der Waals surface area contributed by atoms with Gasteiger partial charge in [-0.05, 0) is 86.5 Å². The van der Waals surface area contributed by atoms with Gasteiger partial charge in [0.15, 0.2) is 0 Å². The second kappa shape index (κ2) is 7.62. The molecule has 7 rings (SSSR count). The first kappa shape index (κ1) is 20.8. The van der Waals surface area contributed by atoms with Crippen molar-refractivity contribution in [2.24, 2.45) is 11.1 Å². The van der Waals surface area contributed by atoms with Gasteiger partial charge in [-0.1, -0.05) is 11.2 Å². The van der Waals surface area contributed by atoms with Crippen LogP contribution in [-0.2, 0) is 35.7 Å². The average molecular weight is 470 g/mol. The summed E-state index contributed by atoms with van der Waals surface area (Å²) in [6, 6.07) is 2.87. The highest BCUT2D eigenvalue weighted by molar-refractivity contribution is 7.89. The van der Waals surface area contributed by atoms with Crippen LogP contribution >= 0.6 is 0 Å². The van der Waals surface area contributed by atoms with Gasteiger partial charge in [0.1, 0.15) is 5.76 Å². The molecule has 33 heavy (non-hydrogen) atoms. The molecule has 2 amide bonds. The normalized spacial score (nSPS) is 24.3. The monoisotopic (exact) mass is 469 g/mol. The van der Waals surface area contributed by atoms with Crippen LogP contribution in [0.4, 0.5) is 10.5 Å². The van der Waals surface area contributed by atoms with Crippen molar-refractivity contribution in [1.29, 1.82) is 0 Å². The molecule has 0 unspecified atom stereocenters. The smallest absolute Gasteiger partial charge is 0.333 e. The SMILES string of the molecule is O=C(Nc1c2c(cc3c1CCC3)CCC2)NS(=O)(=O)c1cc2c(o1)C1CCC(CC1)/C2=N/O. The molecule has 0 aliphatic heterocycles. The molecule has 8 nitrogen and oxygen atoms in total. The maximum absolute atomic E-state index is 13.0. The highest BCUT2D eigenvalue weighted by Crippen LogP contribution is 2.45. The number of sulfonamides is 1. The van der Waals surface area contributed by atoms with Crippen molar-refractivity contribution in [1.82, 2.24) is 4.72 Å². The average Bonchev–Trinajstić information content (AvgIpc) is 3.52. The van der Waals surface area contributed by atoms with E-state index < -0.39 is 16.1 Å². The number of benzene rings is 1. The van der Waals surface area contributed by atoms with Gasteiger partial charge in [-0.25, -0.2) is 9.52 Å². The van der Waals surface area contributed by atoms with E-state index in [-0.39, 0.29) is 16.9 Å². The van der Waals surface area contributed by atoms with Crippen molar-refractivity contribution in [2.75, 3.05) is 5.32 Å². The van der Waals surface area contributed by atoms with Gasteiger partial charge in [0.25, 0.3) is 10.0 Å². The number of carbonyl (C=O) groups is 1. The quantitative estimate of drug-likeness (QED) is 0.459. The van der Waals surface area contributed by atoms with E-state index in [9.17, 15) is 18.4 Å². The van der Waals surface area contributed by atoms with Crippen LogP contribution < -0.4 is 10.0 Å². The summed E-state index contributed by atoms with van der Waals surface area (Å²) >= 11 is 0. The van der Waals surface area contributed by atoms with Crippen molar-refractivity contribution in [3.63, 3.8) is 0 Å². The van der Waals surface area contributed by atoms with Gasteiger partial charge in [-0.2, -0.15) is 8.42 Å². The number of nitrogens with zero attached hydrogens (tertiary/aromatic N) is 1. The lowest BCUT2D eigenvalue weighted by Crippen LogP contribution is -2.34. The summed E-state index contributed by atoms with van der Waals surface area (Å²) in [4.78, 5) is 12.8. The lowest BCUT2D eigenvalue weighted by molar-refractivity contribution is 0.256.